The number of fused-ring (bicyclic) bond motifs is 1. The molecule has 9 nitrogen and oxygen atoms in total. The molecule has 0 radical (unpaired) electrons. The van der Waals surface area contributed by atoms with Gasteiger partial charge in [-0.1, -0.05) is 0 Å². The zero-order valence-electron chi connectivity index (χ0n) is 15.1. The molecule has 1 fully saturated rings. The molecule has 1 unspecified atom stereocenters. The van der Waals surface area contributed by atoms with E-state index in [0.29, 0.717) is 18.0 Å². The summed E-state index contributed by atoms with van der Waals surface area (Å²) in [5.74, 6) is 1.52. The molecule has 5 rings (SSSR count). The first-order chi connectivity index (χ1) is 13.8. The van der Waals surface area contributed by atoms with Crippen molar-refractivity contribution in [3.05, 3.63) is 65.7 Å². The van der Waals surface area contributed by atoms with Gasteiger partial charge >= 0.3 is 0 Å². The number of hydrogen-bond acceptors (Lipinski definition) is 7. The zero-order valence-corrected chi connectivity index (χ0v) is 15.1. The molecule has 1 atom stereocenters. The highest BCUT2D eigenvalue weighted by atomic mass is 16.1. The lowest BCUT2D eigenvalue weighted by Crippen LogP contribution is -2.37. The lowest BCUT2D eigenvalue weighted by Gasteiger charge is -2.26. The van der Waals surface area contributed by atoms with Crippen molar-refractivity contribution in [1.29, 1.82) is 0 Å². The molecule has 0 saturated carbocycles. The summed E-state index contributed by atoms with van der Waals surface area (Å²) >= 11 is 0. The second-order valence-electron chi connectivity index (χ2n) is 6.74. The predicted octanol–water partition coefficient (Wildman–Crippen LogP) is 1.44. The lowest BCUT2D eigenvalue weighted by atomic mass is 10.2. The topological polar surface area (TPSA) is 94.6 Å². The molecule has 4 aromatic rings. The number of imidazole rings is 1. The van der Waals surface area contributed by atoms with Crippen molar-refractivity contribution in [2.75, 3.05) is 11.4 Å². The summed E-state index contributed by atoms with van der Waals surface area (Å²) < 4.78 is 3.31. The normalized spacial score (nSPS) is 16.7. The summed E-state index contributed by atoms with van der Waals surface area (Å²) in [5.41, 5.74) is 1.28. The van der Waals surface area contributed by atoms with Crippen molar-refractivity contribution in [2.24, 2.45) is 0 Å². The van der Waals surface area contributed by atoms with E-state index in [9.17, 15) is 4.79 Å². The van der Waals surface area contributed by atoms with E-state index < -0.39 is 0 Å². The molecule has 0 amide bonds. The Morgan fingerprint density at radius 3 is 2.82 bits per heavy atom. The van der Waals surface area contributed by atoms with E-state index in [0.717, 1.165) is 30.7 Å². The van der Waals surface area contributed by atoms with Crippen LogP contribution in [0.5, 0.6) is 0 Å². The SMILES string of the molecule is O=c1ccc(-n2ccnc2)nn1CC1CCCN1c1ccc2nccnc2n1. The van der Waals surface area contributed by atoms with Gasteiger partial charge in [0.1, 0.15) is 17.7 Å². The van der Waals surface area contributed by atoms with Gasteiger partial charge in [-0.15, -0.1) is 0 Å². The van der Waals surface area contributed by atoms with Gasteiger partial charge in [-0.25, -0.2) is 19.6 Å². The quantitative estimate of drug-likeness (QED) is 0.533. The highest BCUT2D eigenvalue weighted by molar-refractivity contribution is 5.71. The Morgan fingerprint density at radius 2 is 1.93 bits per heavy atom. The van der Waals surface area contributed by atoms with E-state index in [1.807, 2.05) is 12.1 Å². The number of rotatable bonds is 4. The Bertz CT molecular complexity index is 1170. The van der Waals surface area contributed by atoms with Crippen LogP contribution in [0.1, 0.15) is 12.8 Å². The van der Waals surface area contributed by atoms with Crippen LogP contribution in [0.25, 0.3) is 17.0 Å². The molecule has 1 aliphatic heterocycles. The van der Waals surface area contributed by atoms with Gasteiger partial charge < -0.3 is 4.90 Å². The van der Waals surface area contributed by atoms with Crippen molar-refractivity contribution in [3.8, 4) is 5.82 Å². The molecule has 0 aromatic carbocycles. The van der Waals surface area contributed by atoms with Gasteiger partial charge in [-0.05, 0) is 31.0 Å². The van der Waals surface area contributed by atoms with E-state index in [-0.39, 0.29) is 11.6 Å². The smallest absolute Gasteiger partial charge is 0.266 e. The summed E-state index contributed by atoms with van der Waals surface area (Å²) in [6.07, 6.45) is 10.5. The second-order valence-corrected chi connectivity index (χ2v) is 6.74. The number of nitrogens with zero attached hydrogens (tertiary/aromatic N) is 8. The standard InChI is InChI=1S/C19H18N8O/c28-18-6-5-17(25-11-9-20-13-25)24-27(18)12-14-2-1-10-26(14)16-4-3-15-19(23-16)22-8-7-21-15/h3-9,11,13-14H,1-2,10,12H2. The third kappa shape index (κ3) is 3.00. The maximum Gasteiger partial charge on any atom is 0.266 e. The third-order valence-electron chi connectivity index (χ3n) is 4.99. The van der Waals surface area contributed by atoms with Crippen LogP contribution in [0, 0.1) is 0 Å². The molecule has 0 aliphatic carbocycles. The van der Waals surface area contributed by atoms with Crippen LogP contribution in [0.4, 0.5) is 5.82 Å². The fourth-order valence-electron chi connectivity index (χ4n) is 3.63. The van der Waals surface area contributed by atoms with Gasteiger partial charge in [0, 0.05) is 37.4 Å². The number of pyridine rings is 1. The minimum atomic E-state index is -0.118. The van der Waals surface area contributed by atoms with Crippen molar-refractivity contribution >= 4 is 17.0 Å². The van der Waals surface area contributed by atoms with Crippen LogP contribution in [-0.2, 0) is 6.54 Å². The Balaban J connectivity index is 1.44. The first kappa shape index (κ1) is 16.5. The Hall–Kier alpha value is -3.62. The van der Waals surface area contributed by atoms with Crippen molar-refractivity contribution in [3.63, 3.8) is 0 Å². The molecule has 0 N–H and O–H groups in total. The molecular weight excluding hydrogens is 356 g/mol. The van der Waals surface area contributed by atoms with E-state index in [4.69, 9.17) is 0 Å². The molecule has 5 heterocycles. The summed E-state index contributed by atoms with van der Waals surface area (Å²) in [5, 5.41) is 4.51. The molecule has 0 spiro atoms. The number of hydrogen-bond donors (Lipinski definition) is 0. The van der Waals surface area contributed by atoms with Crippen LogP contribution >= 0.6 is 0 Å². The Morgan fingerprint density at radius 1 is 1.04 bits per heavy atom. The fourth-order valence-corrected chi connectivity index (χ4v) is 3.63. The summed E-state index contributed by atoms with van der Waals surface area (Å²) in [4.78, 5) is 31.9. The molecule has 9 heteroatoms. The van der Waals surface area contributed by atoms with Crippen LogP contribution in [0.15, 0.2) is 60.2 Å². The van der Waals surface area contributed by atoms with Crippen LogP contribution in [-0.4, -0.2) is 46.9 Å². The first-order valence-electron chi connectivity index (χ1n) is 9.19. The summed E-state index contributed by atoms with van der Waals surface area (Å²) in [6.45, 7) is 1.39. The van der Waals surface area contributed by atoms with Crippen LogP contribution in [0.2, 0.25) is 0 Å². The van der Waals surface area contributed by atoms with Crippen molar-refractivity contribution in [2.45, 2.75) is 25.4 Å². The zero-order chi connectivity index (χ0) is 18.9. The van der Waals surface area contributed by atoms with Gasteiger partial charge in [-0.3, -0.25) is 14.3 Å². The minimum absolute atomic E-state index is 0.118. The molecule has 4 aromatic heterocycles. The molecule has 1 saturated heterocycles. The molecule has 28 heavy (non-hydrogen) atoms. The number of aromatic nitrogens is 7. The molecule has 1 aliphatic rings. The van der Waals surface area contributed by atoms with Gasteiger partial charge in [0.25, 0.3) is 5.56 Å². The summed E-state index contributed by atoms with van der Waals surface area (Å²) in [6, 6.07) is 7.30. The van der Waals surface area contributed by atoms with Gasteiger partial charge in [0.05, 0.1) is 12.6 Å². The molecule has 0 bridgehead atoms. The largest absolute Gasteiger partial charge is 0.352 e. The lowest BCUT2D eigenvalue weighted by molar-refractivity contribution is 0.484. The maximum atomic E-state index is 12.4. The Kier molecular flexibility index (Phi) is 4.04. The van der Waals surface area contributed by atoms with Gasteiger partial charge in [0.2, 0.25) is 0 Å². The predicted molar refractivity (Wildman–Crippen MR) is 103 cm³/mol. The van der Waals surface area contributed by atoms with E-state index >= 15 is 0 Å². The first-order valence-corrected chi connectivity index (χ1v) is 9.19. The van der Waals surface area contributed by atoms with E-state index in [2.05, 4.69) is 29.9 Å². The third-order valence-corrected chi connectivity index (χ3v) is 4.99. The monoisotopic (exact) mass is 374 g/mol. The van der Waals surface area contributed by atoms with Gasteiger partial charge in [0.15, 0.2) is 11.5 Å². The van der Waals surface area contributed by atoms with Gasteiger partial charge in [-0.2, -0.15) is 5.10 Å². The van der Waals surface area contributed by atoms with Crippen LogP contribution in [0.3, 0.4) is 0 Å². The highest BCUT2D eigenvalue weighted by Gasteiger charge is 2.27. The van der Waals surface area contributed by atoms with Crippen molar-refractivity contribution in [1.82, 2.24) is 34.3 Å². The van der Waals surface area contributed by atoms with E-state index in [1.165, 1.54) is 4.68 Å². The van der Waals surface area contributed by atoms with Crippen LogP contribution < -0.4 is 10.5 Å². The average Bonchev–Trinajstić information content (AvgIpc) is 3.41. The minimum Gasteiger partial charge on any atom is -0.352 e. The fraction of sp³-hybridized carbons (Fsp3) is 0.263. The maximum absolute atomic E-state index is 12.4. The average molecular weight is 374 g/mol. The highest BCUT2D eigenvalue weighted by Crippen LogP contribution is 2.25. The molecule has 140 valence electrons. The number of anilines is 1. The molecular formula is C19H18N8O. The Labute approximate surface area is 160 Å². The summed E-state index contributed by atoms with van der Waals surface area (Å²) in [7, 11) is 0. The van der Waals surface area contributed by atoms with E-state index in [1.54, 1.807) is 47.8 Å². The van der Waals surface area contributed by atoms with Crippen molar-refractivity contribution < 1.29 is 0 Å². The second kappa shape index (κ2) is 6.84.